The number of ether oxygens (including phenoxy) is 1. The van der Waals surface area contributed by atoms with Crippen molar-refractivity contribution in [3.63, 3.8) is 0 Å². The van der Waals surface area contributed by atoms with Gasteiger partial charge in [-0.25, -0.2) is 4.79 Å². The first-order valence-electron chi connectivity index (χ1n) is 8.92. The molecule has 0 bridgehead atoms. The van der Waals surface area contributed by atoms with E-state index in [1.54, 1.807) is 6.08 Å². The van der Waals surface area contributed by atoms with Crippen LogP contribution in [0.5, 0.6) is 0 Å². The maximum Gasteiger partial charge on any atom is 0.408 e. The maximum absolute atomic E-state index is 12.2. The topological polar surface area (TPSA) is 102 Å². The summed E-state index contributed by atoms with van der Waals surface area (Å²) >= 11 is 4.64. The molecule has 1 fully saturated rings. The lowest BCUT2D eigenvalue weighted by Crippen LogP contribution is -2.57. The molecular weight excluding hydrogens is 348 g/mol. The van der Waals surface area contributed by atoms with E-state index < -0.39 is 17.2 Å². The number of alkyl carbamates (subject to hydrolysis) is 1. The van der Waals surface area contributed by atoms with Crippen LogP contribution in [0.1, 0.15) is 41.5 Å². The lowest BCUT2D eigenvalue weighted by molar-refractivity contribution is 0.0483. The van der Waals surface area contributed by atoms with Gasteiger partial charge in [-0.05, 0) is 33.3 Å². The molecule has 6 nitrogen and oxygen atoms in total. The monoisotopic (exact) mass is 386 g/mol. The predicted octanol–water partition coefficient (Wildman–Crippen LogP) is 2.73. The fourth-order valence-corrected chi connectivity index (χ4v) is 2.77. The first-order chi connectivity index (χ1) is 12.2. The van der Waals surface area contributed by atoms with Gasteiger partial charge >= 0.3 is 6.09 Å². The third-order valence-corrected chi connectivity index (χ3v) is 3.82. The molecule has 1 rings (SSSR count). The molecule has 0 aromatic heterocycles. The van der Waals surface area contributed by atoms with Gasteiger partial charge in [-0.3, -0.25) is 0 Å². The van der Waals surface area contributed by atoms with E-state index in [1.165, 1.54) is 0 Å². The number of carbonyl (C=O) groups is 1. The van der Waals surface area contributed by atoms with Gasteiger partial charge in [0.25, 0.3) is 0 Å². The summed E-state index contributed by atoms with van der Waals surface area (Å²) in [6.07, 6.45) is 7.08. The Hall–Kier alpha value is -1.28. The Morgan fingerprint density at radius 1 is 1.42 bits per heavy atom. The van der Waals surface area contributed by atoms with E-state index in [-0.39, 0.29) is 11.9 Å². The van der Waals surface area contributed by atoms with Gasteiger partial charge in [-0.2, -0.15) is 12.6 Å². The molecule has 1 aliphatic rings. The number of hydrogen-bond acceptors (Lipinski definition) is 6. The van der Waals surface area contributed by atoms with Crippen LogP contribution in [0.25, 0.3) is 0 Å². The summed E-state index contributed by atoms with van der Waals surface area (Å²) in [5, 5.41) is 6.23. The molecule has 0 aromatic carbocycles. The largest absolute Gasteiger partial charge is 0.444 e. The molecule has 0 saturated carbocycles. The number of carbonyl (C=O) groups excluding carboxylic acids is 1. The number of amides is 1. The zero-order valence-corrected chi connectivity index (χ0v) is 18.0. The number of hydrogen-bond donors (Lipinski definition) is 5. The highest BCUT2D eigenvalue weighted by Crippen LogP contribution is 2.30. The molecule has 2 atom stereocenters. The first-order valence-corrected chi connectivity index (χ1v) is 9.44. The average molecular weight is 387 g/mol. The van der Waals surface area contributed by atoms with Crippen LogP contribution in [-0.4, -0.2) is 42.2 Å². The molecule has 152 valence electrons. The minimum Gasteiger partial charge on any atom is -0.444 e. The summed E-state index contributed by atoms with van der Waals surface area (Å²) in [4.78, 5) is 12.2. The Kier molecular flexibility index (Phi) is 14.4. The molecule has 26 heavy (non-hydrogen) atoms. The molecule has 0 spiro atoms. The van der Waals surface area contributed by atoms with Crippen molar-refractivity contribution >= 4 is 18.7 Å². The fraction of sp³-hybridized carbons (Fsp3) is 0.632. The van der Waals surface area contributed by atoms with Crippen molar-refractivity contribution in [2.45, 2.75) is 57.9 Å². The summed E-state index contributed by atoms with van der Waals surface area (Å²) in [6, 6.07) is 0. The third kappa shape index (κ3) is 9.43. The highest BCUT2D eigenvalue weighted by Gasteiger charge is 2.45. The molecule has 2 unspecified atom stereocenters. The standard InChI is InChI=1S/C16H26N2O2S.C2H6.CH6N2/c1-6-8-12(9-7-2)16(11-17-10-13(16)21)18-14(19)20-15(3,4)5;1-2;2-1-3/h6-9,13,17,21H,1,10-11H2,2-5H3,(H,18,19);1-2H3;1-3H2/b9-7-,12-8+;;. The van der Waals surface area contributed by atoms with Crippen LogP contribution < -0.4 is 22.1 Å². The van der Waals surface area contributed by atoms with Crippen molar-refractivity contribution in [2.75, 3.05) is 19.8 Å². The molecule has 0 radical (unpaired) electrons. The van der Waals surface area contributed by atoms with Gasteiger partial charge in [0.15, 0.2) is 0 Å². The average Bonchev–Trinajstić information content (AvgIpc) is 2.89. The predicted molar refractivity (Wildman–Crippen MR) is 115 cm³/mol. The number of nitrogens with two attached hydrogens (primary N) is 2. The fourth-order valence-electron chi connectivity index (χ4n) is 2.34. The number of allylic oxidation sites excluding steroid dienone is 3. The normalized spacial score (nSPS) is 22.7. The molecule has 7 heteroatoms. The second kappa shape index (κ2) is 13.9. The van der Waals surface area contributed by atoms with Crippen LogP contribution >= 0.6 is 12.6 Å². The van der Waals surface area contributed by atoms with Crippen molar-refractivity contribution in [3.8, 4) is 0 Å². The van der Waals surface area contributed by atoms with Crippen LogP contribution in [0.4, 0.5) is 4.79 Å². The highest BCUT2D eigenvalue weighted by atomic mass is 32.1. The van der Waals surface area contributed by atoms with Gasteiger partial charge in [0.2, 0.25) is 0 Å². The molecule has 0 aliphatic carbocycles. The van der Waals surface area contributed by atoms with E-state index in [4.69, 9.17) is 4.74 Å². The van der Waals surface area contributed by atoms with Crippen molar-refractivity contribution in [2.24, 2.45) is 11.5 Å². The minimum absolute atomic E-state index is 0.0487. The molecule has 1 amide bonds. The van der Waals surface area contributed by atoms with Gasteiger partial charge in [0.05, 0.1) is 5.54 Å². The third-order valence-electron chi connectivity index (χ3n) is 3.19. The summed E-state index contributed by atoms with van der Waals surface area (Å²) in [7, 11) is 0. The molecule has 1 heterocycles. The highest BCUT2D eigenvalue weighted by molar-refractivity contribution is 7.81. The Morgan fingerprint density at radius 2 is 1.96 bits per heavy atom. The summed E-state index contributed by atoms with van der Waals surface area (Å²) in [5.41, 5.74) is 9.06. The molecule has 1 saturated heterocycles. The van der Waals surface area contributed by atoms with Gasteiger partial charge in [-0.1, -0.05) is 44.7 Å². The van der Waals surface area contributed by atoms with Gasteiger partial charge in [-0.15, -0.1) is 0 Å². The minimum atomic E-state index is -0.605. The van der Waals surface area contributed by atoms with E-state index in [2.05, 4.69) is 41.3 Å². The molecule has 0 aromatic rings. The van der Waals surface area contributed by atoms with Gasteiger partial charge in [0, 0.05) is 25.0 Å². The molecule has 6 N–H and O–H groups in total. The number of rotatable bonds is 4. The number of thiol groups is 1. The molecular formula is C19H38N4O2S. The maximum atomic E-state index is 12.2. The second-order valence-electron chi connectivity index (χ2n) is 6.34. The van der Waals surface area contributed by atoms with Crippen LogP contribution in [0, 0.1) is 0 Å². The summed E-state index contributed by atoms with van der Waals surface area (Å²) in [6.45, 7) is 16.8. The quantitative estimate of drug-likeness (QED) is 0.290. The Bertz CT molecular complexity index is 473. The van der Waals surface area contributed by atoms with Crippen molar-refractivity contribution in [3.05, 3.63) is 36.5 Å². The first kappa shape index (κ1) is 26.9. The second-order valence-corrected chi connectivity index (χ2v) is 6.96. The van der Waals surface area contributed by atoms with Crippen LogP contribution in [0.15, 0.2) is 36.5 Å². The summed E-state index contributed by atoms with van der Waals surface area (Å²) in [5.74, 6) is 0. The zero-order valence-electron chi connectivity index (χ0n) is 17.1. The lowest BCUT2D eigenvalue weighted by Gasteiger charge is -2.35. The van der Waals surface area contributed by atoms with E-state index >= 15 is 0 Å². The van der Waals surface area contributed by atoms with E-state index in [1.807, 2.05) is 59.8 Å². The lowest BCUT2D eigenvalue weighted by atomic mass is 9.87. The van der Waals surface area contributed by atoms with Crippen molar-refractivity contribution in [1.82, 2.24) is 10.6 Å². The molecule has 1 aliphatic heterocycles. The van der Waals surface area contributed by atoms with Crippen LogP contribution in [0.2, 0.25) is 0 Å². The summed E-state index contributed by atoms with van der Waals surface area (Å²) < 4.78 is 5.39. The van der Waals surface area contributed by atoms with E-state index in [0.29, 0.717) is 13.1 Å². The zero-order chi connectivity index (χ0) is 20.8. The Balaban J connectivity index is 0. The van der Waals surface area contributed by atoms with Crippen LogP contribution in [0.3, 0.4) is 0 Å². The SMILES string of the molecule is C=C/C=C(\C=C/C)C1(NC(=O)OC(C)(C)C)CNCC1S.CC.NCN. The van der Waals surface area contributed by atoms with Crippen molar-refractivity contribution < 1.29 is 9.53 Å². The van der Waals surface area contributed by atoms with Gasteiger partial charge < -0.3 is 26.8 Å². The van der Waals surface area contributed by atoms with Crippen molar-refractivity contribution in [1.29, 1.82) is 0 Å². The Labute approximate surface area is 164 Å². The smallest absolute Gasteiger partial charge is 0.408 e. The van der Waals surface area contributed by atoms with Gasteiger partial charge in [0.1, 0.15) is 5.60 Å². The Morgan fingerprint density at radius 3 is 2.31 bits per heavy atom. The van der Waals surface area contributed by atoms with Crippen LogP contribution in [-0.2, 0) is 4.74 Å². The number of nitrogens with one attached hydrogen (secondary N) is 2. The van der Waals surface area contributed by atoms with E-state index in [9.17, 15) is 4.79 Å². The van der Waals surface area contributed by atoms with E-state index in [0.717, 1.165) is 5.57 Å².